The molecule has 0 amide bonds. The van der Waals surface area contributed by atoms with Crippen LogP contribution < -0.4 is 10.6 Å². The zero-order chi connectivity index (χ0) is 17.9. The molecule has 0 aromatic carbocycles. The van der Waals surface area contributed by atoms with E-state index in [0.29, 0.717) is 5.92 Å². The molecular formula is C18H35IN6O. The summed E-state index contributed by atoms with van der Waals surface area (Å²) < 4.78 is 7.87. The first-order chi connectivity index (χ1) is 12.2. The largest absolute Gasteiger partial charge is 0.376 e. The smallest absolute Gasteiger partial charge is 0.191 e. The van der Waals surface area contributed by atoms with Crippen LogP contribution in [0.5, 0.6) is 0 Å². The molecule has 0 bridgehead atoms. The van der Waals surface area contributed by atoms with Crippen LogP contribution in [0.15, 0.2) is 11.3 Å². The Labute approximate surface area is 174 Å². The van der Waals surface area contributed by atoms with Crippen LogP contribution in [0.1, 0.15) is 52.3 Å². The Morgan fingerprint density at radius 3 is 2.85 bits per heavy atom. The molecule has 2 N–H and O–H groups in total. The molecule has 0 radical (unpaired) electrons. The van der Waals surface area contributed by atoms with Crippen molar-refractivity contribution in [3.63, 3.8) is 0 Å². The third-order valence-corrected chi connectivity index (χ3v) is 4.40. The fraction of sp³-hybridized carbons (Fsp3) is 0.833. The third kappa shape index (κ3) is 8.66. The van der Waals surface area contributed by atoms with Gasteiger partial charge < -0.3 is 19.9 Å². The molecule has 1 aliphatic heterocycles. The third-order valence-electron chi connectivity index (χ3n) is 4.40. The van der Waals surface area contributed by atoms with Gasteiger partial charge in [-0.25, -0.2) is 0 Å². The molecule has 2 heterocycles. The van der Waals surface area contributed by atoms with Crippen LogP contribution >= 0.6 is 24.0 Å². The summed E-state index contributed by atoms with van der Waals surface area (Å²) >= 11 is 0. The molecule has 1 saturated heterocycles. The molecule has 1 aromatic rings. The molecule has 1 fully saturated rings. The molecule has 1 aliphatic rings. The van der Waals surface area contributed by atoms with Gasteiger partial charge in [0, 0.05) is 32.7 Å². The maximum Gasteiger partial charge on any atom is 0.191 e. The lowest BCUT2D eigenvalue weighted by molar-refractivity contribution is 0.0224. The summed E-state index contributed by atoms with van der Waals surface area (Å²) in [6.07, 6.45) is 7.62. The quantitative estimate of drug-likeness (QED) is 0.324. The molecule has 7 nitrogen and oxygen atoms in total. The average molecular weight is 478 g/mol. The van der Waals surface area contributed by atoms with Crippen LogP contribution in [0.25, 0.3) is 0 Å². The maximum absolute atomic E-state index is 5.78. The highest BCUT2D eigenvalue weighted by atomic mass is 127. The number of guanidine groups is 1. The van der Waals surface area contributed by atoms with Gasteiger partial charge in [-0.1, -0.05) is 20.8 Å². The van der Waals surface area contributed by atoms with E-state index in [2.05, 4.69) is 46.2 Å². The van der Waals surface area contributed by atoms with E-state index < -0.39 is 0 Å². The minimum Gasteiger partial charge on any atom is -0.376 e. The number of nitrogens with zero attached hydrogens (tertiary/aromatic N) is 4. The molecule has 0 aliphatic carbocycles. The first kappa shape index (κ1) is 23.1. The fourth-order valence-corrected chi connectivity index (χ4v) is 2.83. The van der Waals surface area contributed by atoms with E-state index in [1.165, 1.54) is 12.8 Å². The van der Waals surface area contributed by atoms with Crippen molar-refractivity contribution < 1.29 is 4.74 Å². The van der Waals surface area contributed by atoms with E-state index in [1.807, 2.05) is 0 Å². The lowest BCUT2D eigenvalue weighted by Crippen LogP contribution is -2.40. The summed E-state index contributed by atoms with van der Waals surface area (Å²) in [4.78, 5) is 4.73. The monoisotopic (exact) mass is 478 g/mol. The molecule has 1 unspecified atom stereocenters. The Hall–Kier alpha value is -0.900. The van der Waals surface area contributed by atoms with Gasteiger partial charge in [0.25, 0.3) is 0 Å². The molecular weight excluding hydrogens is 443 g/mol. The van der Waals surface area contributed by atoms with E-state index in [-0.39, 0.29) is 30.1 Å². The van der Waals surface area contributed by atoms with Gasteiger partial charge in [0.1, 0.15) is 12.2 Å². The highest BCUT2D eigenvalue weighted by Gasteiger charge is 2.13. The van der Waals surface area contributed by atoms with Gasteiger partial charge in [-0.3, -0.25) is 4.99 Å². The van der Waals surface area contributed by atoms with Crippen LogP contribution in [0.3, 0.4) is 0 Å². The first-order valence-corrected chi connectivity index (χ1v) is 9.69. The van der Waals surface area contributed by atoms with Crippen molar-refractivity contribution in [1.29, 1.82) is 0 Å². The van der Waals surface area contributed by atoms with Crippen molar-refractivity contribution in [1.82, 2.24) is 25.4 Å². The SMILES string of the molecule is CCc1nncn1CCNC(=NCC1CCCCO1)NCCC(C)C.I. The van der Waals surface area contributed by atoms with Crippen molar-refractivity contribution >= 4 is 29.9 Å². The second-order valence-electron chi connectivity index (χ2n) is 7.01. The lowest BCUT2D eigenvalue weighted by Gasteiger charge is -2.21. The molecule has 2 rings (SSSR count). The highest BCUT2D eigenvalue weighted by molar-refractivity contribution is 14.0. The zero-order valence-electron chi connectivity index (χ0n) is 16.4. The zero-order valence-corrected chi connectivity index (χ0v) is 18.7. The molecule has 150 valence electrons. The summed E-state index contributed by atoms with van der Waals surface area (Å²) in [5, 5.41) is 15.0. The van der Waals surface area contributed by atoms with E-state index in [4.69, 9.17) is 9.73 Å². The predicted octanol–water partition coefficient (Wildman–Crippen LogP) is 2.61. The van der Waals surface area contributed by atoms with Crippen LogP contribution in [0.4, 0.5) is 0 Å². The van der Waals surface area contributed by atoms with Gasteiger partial charge >= 0.3 is 0 Å². The summed E-state index contributed by atoms with van der Waals surface area (Å²) in [7, 11) is 0. The number of nitrogens with one attached hydrogen (secondary N) is 2. The molecule has 1 atom stereocenters. The van der Waals surface area contributed by atoms with E-state index >= 15 is 0 Å². The van der Waals surface area contributed by atoms with Crippen molar-refractivity contribution in [3.05, 3.63) is 12.2 Å². The van der Waals surface area contributed by atoms with Gasteiger partial charge in [-0.15, -0.1) is 34.2 Å². The fourth-order valence-electron chi connectivity index (χ4n) is 2.83. The van der Waals surface area contributed by atoms with Crippen molar-refractivity contribution in [2.45, 2.75) is 65.5 Å². The number of hydrogen-bond donors (Lipinski definition) is 2. The van der Waals surface area contributed by atoms with Gasteiger partial charge in [-0.2, -0.15) is 0 Å². The highest BCUT2D eigenvalue weighted by Crippen LogP contribution is 2.12. The van der Waals surface area contributed by atoms with E-state index in [1.54, 1.807) is 6.33 Å². The number of hydrogen-bond acceptors (Lipinski definition) is 4. The predicted molar refractivity (Wildman–Crippen MR) is 116 cm³/mol. The van der Waals surface area contributed by atoms with Crippen LogP contribution in [0.2, 0.25) is 0 Å². The van der Waals surface area contributed by atoms with Gasteiger partial charge in [0.15, 0.2) is 5.96 Å². The minimum absolute atomic E-state index is 0. The molecule has 0 saturated carbocycles. The Morgan fingerprint density at radius 2 is 2.15 bits per heavy atom. The van der Waals surface area contributed by atoms with E-state index in [9.17, 15) is 0 Å². The number of aromatic nitrogens is 3. The number of rotatable bonds is 9. The Balaban J connectivity index is 0.00000338. The molecule has 0 spiro atoms. The van der Waals surface area contributed by atoms with Crippen LogP contribution in [-0.4, -0.2) is 53.1 Å². The van der Waals surface area contributed by atoms with Crippen molar-refractivity contribution in [3.8, 4) is 0 Å². The summed E-state index contributed by atoms with van der Waals surface area (Å²) in [6.45, 7) is 10.7. The van der Waals surface area contributed by atoms with Crippen molar-refractivity contribution in [2.75, 3.05) is 26.2 Å². The van der Waals surface area contributed by atoms with Gasteiger partial charge in [0.05, 0.1) is 12.6 Å². The second-order valence-corrected chi connectivity index (χ2v) is 7.01. The summed E-state index contributed by atoms with van der Waals surface area (Å²) in [5.74, 6) is 2.57. The normalized spacial score (nSPS) is 17.8. The summed E-state index contributed by atoms with van der Waals surface area (Å²) in [5.41, 5.74) is 0. The Bertz CT molecular complexity index is 514. The van der Waals surface area contributed by atoms with Gasteiger partial charge in [0.2, 0.25) is 0 Å². The standard InChI is InChI=1S/C18H34N6O.HI/c1-4-17-23-22-14-24(17)11-10-20-18(19-9-8-15(2)3)21-13-16-7-5-6-12-25-16;/h14-16H,4-13H2,1-3H3,(H2,19,20,21);1H. The second kappa shape index (κ2) is 13.3. The molecule has 1 aromatic heterocycles. The maximum atomic E-state index is 5.78. The number of aryl methyl sites for hydroxylation is 1. The topological polar surface area (TPSA) is 76.4 Å². The Kier molecular flexibility index (Phi) is 11.8. The Morgan fingerprint density at radius 1 is 1.35 bits per heavy atom. The van der Waals surface area contributed by atoms with Crippen LogP contribution in [-0.2, 0) is 17.7 Å². The summed E-state index contributed by atoms with van der Waals surface area (Å²) in [6, 6.07) is 0. The lowest BCUT2D eigenvalue weighted by atomic mass is 10.1. The number of aliphatic imine (C=N–C) groups is 1. The average Bonchev–Trinajstić information content (AvgIpc) is 3.07. The minimum atomic E-state index is 0. The van der Waals surface area contributed by atoms with Gasteiger partial charge in [-0.05, 0) is 31.6 Å². The number of halogens is 1. The van der Waals surface area contributed by atoms with Crippen LogP contribution in [0, 0.1) is 5.92 Å². The van der Waals surface area contributed by atoms with E-state index in [0.717, 1.165) is 63.8 Å². The van der Waals surface area contributed by atoms with Crippen molar-refractivity contribution in [2.24, 2.45) is 10.9 Å². The molecule has 26 heavy (non-hydrogen) atoms. The molecule has 8 heteroatoms. The first-order valence-electron chi connectivity index (χ1n) is 9.69. The number of ether oxygens (including phenoxy) is 1.